The molecule has 120 valence electrons. The second-order valence-corrected chi connectivity index (χ2v) is 6.69. The molecule has 2 aliphatic heterocycles. The Kier molecular flexibility index (Phi) is 4.98. The van der Waals surface area contributed by atoms with Crippen molar-refractivity contribution in [3.63, 3.8) is 0 Å². The highest BCUT2D eigenvalue weighted by Gasteiger charge is 2.33. The number of piperidine rings is 1. The van der Waals surface area contributed by atoms with Gasteiger partial charge in [0.05, 0.1) is 6.54 Å². The first kappa shape index (κ1) is 15.3. The second-order valence-electron chi connectivity index (χ2n) is 6.69. The minimum atomic E-state index is 0.166. The minimum Gasteiger partial charge on any atom is -0.492 e. The average molecular weight is 302 g/mol. The van der Waals surface area contributed by atoms with Gasteiger partial charge in [0.1, 0.15) is 12.4 Å². The maximum Gasteiger partial charge on any atom is 0.220 e. The zero-order valence-corrected chi connectivity index (χ0v) is 13.3. The fraction of sp³-hybridized carbons (Fsp3) is 0.611. The van der Waals surface area contributed by atoms with E-state index in [0.717, 1.165) is 18.6 Å². The number of hydrogen-bond donors (Lipinski definition) is 2. The van der Waals surface area contributed by atoms with Crippen molar-refractivity contribution in [2.45, 2.75) is 51.1 Å². The van der Waals surface area contributed by atoms with E-state index in [0.29, 0.717) is 37.6 Å². The van der Waals surface area contributed by atoms with Crippen molar-refractivity contribution in [3.8, 4) is 5.75 Å². The van der Waals surface area contributed by atoms with Crippen LogP contribution in [0.1, 0.15) is 37.7 Å². The summed E-state index contributed by atoms with van der Waals surface area (Å²) in [6.07, 6.45) is 5.55. The van der Waals surface area contributed by atoms with Crippen molar-refractivity contribution in [1.29, 1.82) is 0 Å². The van der Waals surface area contributed by atoms with Crippen LogP contribution in [0.25, 0.3) is 0 Å². The first-order valence-electron chi connectivity index (χ1n) is 8.41. The van der Waals surface area contributed by atoms with Crippen molar-refractivity contribution in [3.05, 3.63) is 29.8 Å². The summed E-state index contributed by atoms with van der Waals surface area (Å²) in [6, 6.07) is 9.28. The van der Waals surface area contributed by atoms with Gasteiger partial charge >= 0.3 is 0 Å². The van der Waals surface area contributed by atoms with Gasteiger partial charge in [-0.25, -0.2) is 0 Å². The van der Waals surface area contributed by atoms with Gasteiger partial charge in [-0.3, -0.25) is 4.79 Å². The summed E-state index contributed by atoms with van der Waals surface area (Å²) in [5, 5.41) is 6.59. The van der Waals surface area contributed by atoms with Gasteiger partial charge in [0, 0.05) is 18.5 Å². The molecule has 2 atom stereocenters. The number of rotatable bonds is 6. The molecule has 0 saturated carbocycles. The van der Waals surface area contributed by atoms with E-state index in [1.54, 1.807) is 0 Å². The van der Waals surface area contributed by atoms with E-state index < -0.39 is 0 Å². The van der Waals surface area contributed by atoms with Crippen LogP contribution in [0.3, 0.4) is 0 Å². The van der Waals surface area contributed by atoms with E-state index in [9.17, 15) is 4.79 Å². The lowest BCUT2D eigenvalue weighted by Gasteiger charge is -2.28. The molecule has 2 N–H and O–H groups in total. The molecule has 2 bridgehead atoms. The lowest BCUT2D eigenvalue weighted by Crippen LogP contribution is -2.40. The molecule has 2 fully saturated rings. The molecule has 1 aromatic rings. The third-order valence-corrected chi connectivity index (χ3v) is 4.76. The van der Waals surface area contributed by atoms with Crippen LogP contribution in [0.15, 0.2) is 24.3 Å². The predicted octanol–water partition coefficient (Wildman–Crippen LogP) is 2.41. The fourth-order valence-corrected chi connectivity index (χ4v) is 3.67. The Morgan fingerprint density at radius 1 is 1.23 bits per heavy atom. The molecular formula is C18H26N2O2. The van der Waals surface area contributed by atoms with Crippen molar-refractivity contribution >= 4 is 5.91 Å². The first-order valence-corrected chi connectivity index (χ1v) is 8.41. The lowest BCUT2D eigenvalue weighted by atomic mass is 9.89. The standard InChI is InChI=1S/C18H26N2O2/c1-13-2-6-17(7-3-13)22-9-8-19-18(21)12-14-10-15-4-5-16(11-14)20-15/h2-3,6-7,14-16,20H,4-5,8-12H2,1H3,(H,19,21). The Bertz CT molecular complexity index is 488. The monoisotopic (exact) mass is 302 g/mol. The van der Waals surface area contributed by atoms with Crippen LogP contribution in [0.2, 0.25) is 0 Å². The lowest BCUT2D eigenvalue weighted by molar-refractivity contribution is -0.122. The number of carbonyl (C=O) groups excluding carboxylic acids is 1. The fourth-order valence-electron chi connectivity index (χ4n) is 3.67. The van der Waals surface area contributed by atoms with Crippen LogP contribution in [0.4, 0.5) is 0 Å². The summed E-state index contributed by atoms with van der Waals surface area (Å²) in [6.45, 7) is 3.15. The maximum absolute atomic E-state index is 12.0. The van der Waals surface area contributed by atoms with Crippen LogP contribution in [-0.4, -0.2) is 31.1 Å². The molecule has 2 aliphatic rings. The van der Waals surface area contributed by atoms with Gasteiger partial charge in [0.15, 0.2) is 0 Å². The summed E-state index contributed by atoms with van der Waals surface area (Å²) in [7, 11) is 0. The van der Waals surface area contributed by atoms with E-state index in [4.69, 9.17) is 4.74 Å². The highest BCUT2D eigenvalue weighted by molar-refractivity contribution is 5.76. The Morgan fingerprint density at radius 2 is 1.91 bits per heavy atom. The number of carbonyl (C=O) groups is 1. The SMILES string of the molecule is Cc1ccc(OCCNC(=O)CC2CC3CCC(C2)N3)cc1. The van der Waals surface area contributed by atoms with E-state index in [2.05, 4.69) is 17.6 Å². The smallest absolute Gasteiger partial charge is 0.220 e. The third kappa shape index (κ3) is 4.23. The van der Waals surface area contributed by atoms with Gasteiger partial charge in [-0.05, 0) is 50.7 Å². The molecule has 2 saturated heterocycles. The van der Waals surface area contributed by atoms with Crippen LogP contribution >= 0.6 is 0 Å². The highest BCUT2D eigenvalue weighted by atomic mass is 16.5. The number of amides is 1. The molecule has 22 heavy (non-hydrogen) atoms. The van der Waals surface area contributed by atoms with E-state index in [1.807, 2.05) is 24.3 Å². The van der Waals surface area contributed by atoms with E-state index in [-0.39, 0.29) is 5.91 Å². The topological polar surface area (TPSA) is 50.4 Å². The normalized spacial score (nSPS) is 26.7. The van der Waals surface area contributed by atoms with Gasteiger partial charge in [-0.1, -0.05) is 17.7 Å². The largest absolute Gasteiger partial charge is 0.492 e. The average Bonchev–Trinajstić information content (AvgIpc) is 2.84. The summed E-state index contributed by atoms with van der Waals surface area (Å²) >= 11 is 0. The van der Waals surface area contributed by atoms with E-state index >= 15 is 0 Å². The highest BCUT2D eigenvalue weighted by Crippen LogP contribution is 2.32. The molecule has 3 rings (SSSR count). The number of hydrogen-bond acceptors (Lipinski definition) is 3. The van der Waals surface area contributed by atoms with Gasteiger partial charge in [-0.15, -0.1) is 0 Å². The zero-order valence-electron chi connectivity index (χ0n) is 13.3. The molecule has 1 amide bonds. The molecule has 2 heterocycles. The Hall–Kier alpha value is -1.55. The van der Waals surface area contributed by atoms with Gasteiger partial charge in [0.25, 0.3) is 0 Å². The first-order chi connectivity index (χ1) is 10.7. The number of ether oxygens (including phenoxy) is 1. The van der Waals surface area contributed by atoms with Crippen LogP contribution in [0, 0.1) is 12.8 Å². The zero-order chi connectivity index (χ0) is 15.4. The van der Waals surface area contributed by atoms with Gasteiger partial charge < -0.3 is 15.4 Å². The quantitative estimate of drug-likeness (QED) is 0.794. The van der Waals surface area contributed by atoms with Crippen LogP contribution in [-0.2, 0) is 4.79 Å². The number of benzene rings is 1. The predicted molar refractivity (Wildman–Crippen MR) is 87.0 cm³/mol. The summed E-state index contributed by atoms with van der Waals surface area (Å²) in [5.74, 6) is 1.57. The molecule has 2 unspecified atom stereocenters. The van der Waals surface area contributed by atoms with Gasteiger partial charge in [0.2, 0.25) is 5.91 Å². The number of aryl methyl sites for hydroxylation is 1. The molecule has 0 aromatic heterocycles. The molecule has 4 nitrogen and oxygen atoms in total. The molecule has 0 aliphatic carbocycles. The van der Waals surface area contributed by atoms with Crippen LogP contribution in [0.5, 0.6) is 5.75 Å². The van der Waals surface area contributed by atoms with E-state index in [1.165, 1.54) is 18.4 Å². The Balaban J connectivity index is 1.32. The minimum absolute atomic E-state index is 0.166. The maximum atomic E-state index is 12.0. The number of fused-ring (bicyclic) bond motifs is 2. The van der Waals surface area contributed by atoms with Crippen molar-refractivity contribution in [2.24, 2.45) is 5.92 Å². The summed E-state index contributed by atoms with van der Waals surface area (Å²) in [5.41, 5.74) is 1.22. The molecule has 1 aromatic carbocycles. The summed E-state index contributed by atoms with van der Waals surface area (Å²) in [4.78, 5) is 12.0. The van der Waals surface area contributed by atoms with Crippen molar-refractivity contribution in [1.82, 2.24) is 10.6 Å². The second kappa shape index (κ2) is 7.14. The van der Waals surface area contributed by atoms with Crippen LogP contribution < -0.4 is 15.4 Å². The van der Waals surface area contributed by atoms with Crippen molar-refractivity contribution < 1.29 is 9.53 Å². The molecule has 4 heteroatoms. The molecular weight excluding hydrogens is 276 g/mol. The molecule has 0 radical (unpaired) electrons. The third-order valence-electron chi connectivity index (χ3n) is 4.76. The molecule has 0 spiro atoms. The number of nitrogens with one attached hydrogen (secondary N) is 2. The van der Waals surface area contributed by atoms with Crippen molar-refractivity contribution in [2.75, 3.05) is 13.2 Å². The van der Waals surface area contributed by atoms with Gasteiger partial charge in [-0.2, -0.15) is 0 Å². The Labute approximate surface area is 132 Å². The Morgan fingerprint density at radius 3 is 2.59 bits per heavy atom. The summed E-state index contributed by atoms with van der Waals surface area (Å²) < 4.78 is 5.62.